The van der Waals surface area contributed by atoms with Gasteiger partial charge >= 0.3 is 0 Å². The minimum absolute atomic E-state index is 0.0616. The Balaban J connectivity index is 1.71. The third-order valence-corrected chi connectivity index (χ3v) is 4.69. The maximum Gasteiger partial charge on any atom is 0.0746 e. The minimum atomic E-state index is -0.209. The van der Waals surface area contributed by atoms with Crippen LogP contribution in [0.3, 0.4) is 0 Å². The second kappa shape index (κ2) is 5.89. The van der Waals surface area contributed by atoms with Crippen LogP contribution in [0.15, 0.2) is 0 Å². The smallest absolute Gasteiger partial charge is 0.0746 e. The molecule has 2 aliphatic rings. The van der Waals surface area contributed by atoms with Crippen LogP contribution in [-0.2, 0) is 4.74 Å². The molecule has 2 aliphatic carbocycles. The fourth-order valence-electron chi connectivity index (χ4n) is 2.96. The zero-order valence-electron chi connectivity index (χ0n) is 12.2. The molecule has 0 aromatic rings. The lowest BCUT2D eigenvalue weighted by atomic mass is 9.72. The first-order chi connectivity index (χ1) is 8.50. The molecule has 3 heteroatoms. The maximum atomic E-state index is 10.4. The van der Waals surface area contributed by atoms with E-state index in [1.54, 1.807) is 0 Å². The van der Waals surface area contributed by atoms with E-state index in [0.29, 0.717) is 6.04 Å². The van der Waals surface area contributed by atoms with Gasteiger partial charge in [-0.3, -0.25) is 4.90 Å². The number of likely N-dealkylation sites (N-methyl/N-ethyl adjacent to an activating group) is 1. The van der Waals surface area contributed by atoms with Crippen LogP contribution < -0.4 is 0 Å². The Morgan fingerprint density at radius 1 is 1.28 bits per heavy atom. The fourth-order valence-corrected chi connectivity index (χ4v) is 2.96. The standard InChI is InChI=1S/C15H29NO2/c1-15(2)8-4-5-13(14(15)17)16(3)9-10-18-11-12-6-7-12/h12-14,17H,4-11H2,1-3H3. The molecule has 2 fully saturated rings. The Hall–Kier alpha value is -0.120. The normalized spacial score (nSPS) is 31.8. The third kappa shape index (κ3) is 3.69. The summed E-state index contributed by atoms with van der Waals surface area (Å²) in [5.74, 6) is 0.842. The summed E-state index contributed by atoms with van der Waals surface area (Å²) in [6.45, 7) is 7.04. The van der Waals surface area contributed by atoms with Gasteiger partial charge < -0.3 is 9.84 Å². The topological polar surface area (TPSA) is 32.7 Å². The third-order valence-electron chi connectivity index (χ3n) is 4.69. The summed E-state index contributed by atoms with van der Waals surface area (Å²) in [5, 5.41) is 10.4. The first kappa shape index (κ1) is 14.3. The number of hydrogen-bond donors (Lipinski definition) is 1. The number of hydrogen-bond acceptors (Lipinski definition) is 3. The van der Waals surface area contributed by atoms with E-state index in [0.717, 1.165) is 38.5 Å². The van der Waals surface area contributed by atoms with Crippen LogP contribution in [0.5, 0.6) is 0 Å². The Bertz CT molecular complexity index is 263. The second-order valence-electron chi connectivity index (χ2n) is 6.89. The molecule has 0 radical (unpaired) electrons. The van der Waals surface area contributed by atoms with Gasteiger partial charge in [0.05, 0.1) is 12.7 Å². The average molecular weight is 255 g/mol. The van der Waals surface area contributed by atoms with E-state index >= 15 is 0 Å². The molecule has 0 bridgehead atoms. The van der Waals surface area contributed by atoms with Crippen molar-refractivity contribution in [3.8, 4) is 0 Å². The Morgan fingerprint density at radius 2 is 2.00 bits per heavy atom. The summed E-state index contributed by atoms with van der Waals surface area (Å²) in [6, 6.07) is 0.304. The Morgan fingerprint density at radius 3 is 2.67 bits per heavy atom. The highest BCUT2D eigenvalue weighted by molar-refractivity contribution is 4.92. The van der Waals surface area contributed by atoms with Crippen molar-refractivity contribution in [1.82, 2.24) is 4.90 Å². The van der Waals surface area contributed by atoms with Gasteiger partial charge in [-0.2, -0.15) is 0 Å². The van der Waals surface area contributed by atoms with E-state index in [-0.39, 0.29) is 11.5 Å². The van der Waals surface area contributed by atoms with E-state index in [2.05, 4.69) is 25.8 Å². The molecule has 0 aliphatic heterocycles. The molecule has 106 valence electrons. The first-order valence-corrected chi connectivity index (χ1v) is 7.47. The highest BCUT2D eigenvalue weighted by Crippen LogP contribution is 2.37. The van der Waals surface area contributed by atoms with E-state index in [1.807, 2.05) is 0 Å². The van der Waals surface area contributed by atoms with Gasteiger partial charge in [-0.25, -0.2) is 0 Å². The van der Waals surface area contributed by atoms with Crippen molar-refractivity contribution in [2.75, 3.05) is 26.8 Å². The van der Waals surface area contributed by atoms with Crippen molar-refractivity contribution in [2.45, 2.75) is 58.1 Å². The van der Waals surface area contributed by atoms with Gasteiger partial charge in [-0.05, 0) is 44.1 Å². The number of ether oxygens (including phenoxy) is 1. The Labute approximate surface area is 112 Å². The fraction of sp³-hybridized carbons (Fsp3) is 1.00. The molecule has 18 heavy (non-hydrogen) atoms. The molecule has 0 spiro atoms. The predicted molar refractivity (Wildman–Crippen MR) is 73.6 cm³/mol. The lowest BCUT2D eigenvalue weighted by Crippen LogP contribution is -2.51. The molecule has 0 amide bonds. The summed E-state index contributed by atoms with van der Waals surface area (Å²) >= 11 is 0. The summed E-state index contributed by atoms with van der Waals surface area (Å²) in [5.41, 5.74) is 0.0616. The van der Waals surface area contributed by atoms with Gasteiger partial charge in [0.25, 0.3) is 0 Å². The van der Waals surface area contributed by atoms with Gasteiger partial charge in [0.2, 0.25) is 0 Å². The quantitative estimate of drug-likeness (QED) is 0.739. The average Bonchev–Trinajstić information content (AvgIpc) is 3.12. The van der Waals surface area contributed by atoms with Crippen LogP contribution >= 0.6 is 0 Å². The van der Waals surface area contributed by atoms with Gasteiger partial charge in [0, 0.05) is 19.2 Å². The number of aliphatic hydroxyl groups excluding tert-OH is 1. The molecule has 2 atom stereocenters. The minimum Gasteiger partial charge on any atom is -0.391 e. The summed E-state index contributed by atoms with van der Waals surface area (Å²) < 4.78 is 5.68. The van der Waals surface area contributed by atoms with E-state index in [1.165, 1.54) is 19.3 Å². The summed E-state index contributed by atoms with van der Waals surface area (Å²) in [7, 11) is 2.12. The van der Waals surface area contributed by atoms with Crippen molar-refractivity contribution in [1.29, 1.82) is 0 Å². The first-order valence-electron chi connectivity index (χ1n) is 7.47. The molecule has 2 unspecified atom stereocenters. The van der Waals surface area contributed by atoms with Crippen LogP contribution in [0.1, 0.15) is 46.0 Å². The second-order valence-corrected chi connectivity index (χ2v) is 6.89. The van der Waals surface area contributed by atoms with E-state index in [4.69, 9.17) is 4.74 Å². The molecule has 0 saturated heterocycles. The van der Waals surface area contributed by atoms with Gasteiger partial charge in [0.15, 0.2) is 0 Å². The zero-order chi connectivity index (χ0) is 13.2. The van der Waals surface area contributed by atoms with Crippen LogP contribution in [0.2, 0.25) is 0 Å². The van der Waals surface area contributed by atoms with Crippen molar-refractivity contribution < 1.29 is 9.84 Å². The monoisotopic (exact) mass is 255 g/mol. The lowest BCUT2D eigenvalue weighted by Gasteiger charge is -2.44. The lowest BCUT2D eigenvalue weighted by molar-refractivity contribution is -0.0554. The van der Waals surface area contributed by atoms with E-state index < -0.39 is 0 Å². The van der Waals surface area contributed by atoms with Gasteiger partial charge in [0.1, 0.15) is 0 Å². The molecule has 0 aromatic carbocycles. The van der Waals surface area contributed by atoms with Crippen molar-refractivity contribution in [3.63, 3.8) is 0 Å². The SMILES string of the molecule is CN(CCOCC1CC1)C1CCCC(C)(C)C1O. The van der Waals surface area contributed by atoms with Crippen molar-refractivity contribution >= 4 is 0 Å². The molecule has 3 nitrogen and oxygen atoms in total. The largest absolute Gasteiger partial charge is 0.391 e. The Kier molecular flexibility index (Phi) is 4.68. The molecule has 0 aromatic heterocycles. The molecular weight excluding hydrogens is 226 g/mol. The molecule has 2 rings (SSSR count). The summed E-state index contributed by atoms with van der Waals surface area (Å²) in [4.78, 5) is 2.29. The molecule has 1 N–H and O–H groups in total. The number of aliphatic hydroxyl groups is 1. The zero-order valence-corrected chi connectivity index (χ0v) is 12.2. The predicted octanol–water partition coefficient (Wildman–Crippen LogP) is 2.28. The molecule has 0 heterocycles. The molecular formula is C15H29NO2. The van der Waals surface area contributed by atoms with Crippen LogP contribution in [-0.4, -0.2) is 49.0 Å². The maximum absolute atomic E-state index is 10.4. The van der Waals surface area contributed by atoms with Crippen molar-refractivity contribution in [2.24, 2.45) is 11.3 Å². The van der Waals surface area contributed by atoms with Crippen molar-refractivity contribution in [3.05, 3.63) is 0 Å². The number of nitrogens with zero attached hydrogens (tertiary/aromatic N) is 1. The van der Waals surface area contributed by atoms with Crippen LogP contribution in [0.4, 0.5) is 0 Å². The number of rotatable bonds is 6. The molecule has 2 saturated carbocycles. The summed E-state index contributed by atoms with van der Waals surface area (Å²) in [6.07, 6.45) is 5.97. The highest BCUT2D eigenvalue weighted by atomic mass is 16.5. The van der Waals surface area contributed by atoms with Gasteiger partial charge in [-0.15, -0.1) is 0 Å². The van der Waals surface area contributed by atoms with Crippen LogP contribution in [0.25, 0.3) is 0 Å². The highest BCUT2D eigenvalue weighted by Gasteiger charge is 2.39. The van der Waals surface area contributed by atoms with Crippen LogP contribution in [0, 0.1) is 11.3 Å². The van der Waals surface area contributed by atoms with E-state index in [9.17, 15) is 5.11 Å². The van der Waals surface area contributed by atoms with Gasteiger partial charge in [-0.1, -0.05) is 20.3 Å².